The molecule has 0 bridgehead atoms. The van der Waals surface area contributed by atoms with Crippen LogP contribution in [0.1, 0.15) is 81.6 Å². The summed E-state index contributed by atoms with van der Waals surface area (Å²) < 4.78 is 5.33. The van der Waals surface area contributed by atoms with Gasteiger partial charge in [-0.3, -0.25) is 19.2 Å². The van der Waals surface area contributed by atoms with E-state index >= 15 is 0 Å². The number of fused-ring (bicyclic) bond motifs is 5. The molecule has 6 rings (SSSR count). The number of hydrogen-bond donors (Lipinski definition) is 2. The molecule has 0 saturated carbocycles. The molecular weight excluding hydrogens is 618 g/mol. The Hall–Kier alpha value is -4.60. The van der Waals surface area contributed by atoms with Gasteiger partial charge in [-0.15, -0.1) is 0 Å². The van der Waals surface area contributed by atoms with Crippen LogP contribution in [0.15, 0.2) is 70.4 Å². The highest BCUT2D eigenvalue weighted by Crippen LogP contribution is 2.52. The number of hydrogen-bond acceptors (Lipinski definition) is 5. The van der Waals surface area contributed by atoms with Gasteiger partial charge in [0.1, 0.15) is 0 Å². The van der Waals surface area contributed by atoms with Crippen molar-refractivity contribution >= 4 is 34.5 Å². The van der Waals surface area contributed by atoms with Crippen molar-refractivity contribution in [2.24, 2.45) is 11.8 Å². The molecule has 3 aromatic rings. The minimum absolute atomic E-state index is 0.0312. The first-order chi connectivity index (χ1) is 23.6. The molecule has 1 unspecified atom stereocenters. The minimum Gasteiger partial charge on any atom is -0.459 e. The summed E-state index contributed by atoms with van der Waals surface area (Å²) in [6, 6.07) is 11.5. The van der Waals surface area contributed by atoms with E-state index in [2.05, 4.69) is 50.1 Å². The lowest BCUT2D eigenvalue weighted by molar-refractivity contribution is -0.167. The van der Waals surface area contributed by atoms with E-state index in [-0.39, 0.29) is 42.2 Å². The second-order valence-corrected chi connectivity index (χ2v) is 14.0. The summed E-state index contributed by atoms with van der Waals surface area (Å²) >= 11 is 0. The Morgan fingerprint density at radius 1 is 1.00 bits per heavy atom. The van der Waals surface area contributed by atoms with Gasteiger partial charge in [-0.2, -0.15) is 0 Å². The maximum atomic E-state index is 14.8. The number of para-hydroxylation sites is 1. The molecule has 5 heterocycles. The molecule has 1 aromatic carbocycles. The molecule has 2 saturated heterocycles. The zero-order valence-corrected chi connectivity index (χ0v) is 29.2. The molecule has 10 heteroatoms. The van der Waals surface area contributed by atoms with Gasteiger partial charge in [0.2, 0.25) is 17.7 Å². The van der Waals surface area contributed by atoms with Crippen LogP contribution in [0, 0.1) is 11.8 Å². The van der Waals surface area contributed by atoms with Gasteiger partial charge >= 0.3 is 0 Å². The lowest BCUT2D eigenvalue weighted by Gasteiger charge is -2.56. The first-order valence-electron chi connectivity index (χ1n) is 17.7. The number of furan rings is 1. The molecule has 0 spiro atoms. The van der Waals surface area contributed by atoms with E-state index in [9.17, 15) is 19.2 Å². The third-order valence-electron chi connectivity index (χ3n) is 10.7. The Morgan fingerprint density at radius 3 is 2.47 bits per heavy atom. The summed E-state index contributed by atoms with van der Waals surface area (Å²) in [6.07, 6.45) is 9.18. The standard InChI is InChI=1S/C39H49N5O5/c1-5-39-31(37(47)42-19-21-43(22-20-42)38(48)33-14-9-23-49-33)24-28(25-34(45)40-17-15-27(4)11-8-10-26(2)3)36(46)44(39)18-16-30-29-12-6-7-13-32(29)41-35(30)39/h6-7,9-10,12-15,23,28,31,41H,5,8,11,16-22,24-25H2,1-4H3,(H,40,45)/b27-15+/t28?,31-,39+/m1/s1. The van der Waals surface area contributed by atoms with Crippen LogP contribution in [0.25, 0.3) is 10.9 Å². The normalized spacial score (nSPS) is 22.5. The summed E-state index contributed by atoms with van der Waals surface area (Å²) in [6.45, 7) is 10.8. The van der Waals surface area contributed by atoms with Crippen molar-refractivity contribution < 1.29 is 23.6 Å². The molecule has 3 atom stereocenters. The highest BCUT2D eigenvalue weighted by Gasteiger charge is 2.59. The maximum absolute atomic E-state index is 14.8. The van der Waals surface area contributed by atoms with Crippen molar-refractivity contribution in [3.05, 3.63) is 83.0 Å². The molecule has 49 heavy (non-hydrogen) atoms. The van der Waals surface area contributed by atoms with Crippen molar-refractivity contribution in [2.45, 2.75) is 71.8 Å². The summed E-state index contributed by atoms with van der Waals surface area (Å²) in [5, 5.41) is 4.12. The molecule has 260 valence electrons. The Kier molecular flexibility index (Phi) is 10.1. The summed E-state index contributed by atoms with van der Waals surface area (Å²) in [7, 11) is 0. The van der Waals surface area contributed by atoms with Crippen LogP contribution in [0.4, 0.5) is 0 Å². The smallest absolute Gasteiger partial charge is 0.289 e. The number of carbonyl (C=O) groups is 4. The number of carbonyl (C=O) groups excluding carboxylic acids is 4. The van der Waals surface area contributed by atoms with Crippen molar-refractivity contribution in [3.8, 4) is 0 Å². The lowest BCUT2D eigenvalue weighted by Crippen LogP contribution is -2.66. The first-order valence-corrected chi connectivity index (χ1v) is 17.7. The van der Waals surface area contributed by atoms with E-state index in [1.165, 1.54) is 17.4 Å². The van der Waals surface area contributed by atoms with Crippen molar-refractivity contribution in [3.63, 3.8) is 0 Å². The second kappa shape index (κ2) is 14.5. The van der Waals surface area contributed by atoms with Crippen LogP contribution in [-0.4, -0.2) is 82.6 Å². The number of piperidine rings is 1. The van der Waals surface area contributed by atoms with Crippen molar-refractivity contribution in [2.75, 3.05) is 39.3 Å². The van der Waals surface area contributed by atoms with E-state index < -0.39 is 17.4 Å². The van der Waals surface area contributed by atoms with Crippen LogP contribution in [0.3, 0.4) is 0 Å². The molecule has 4 amide bonds. The fourth-order valence-corrected chi connectivity index (χ4v) is 8.18. The van der Waals surface area contributed by atoms with E-state index in [0.717, 1.165) is 35.0 Å². The van der Waals surface area contributed by atoms with Crippen LogP contribution >= 0.6 is 0 Å². The quantitative estimate of drug-likeness (QED) is 0.274. The molecule has 2 aromatic heterocycles. The molecule has 0 aliphatic carbocycles. The van der Waals surface area contributed by atoms with E-state index in [1.54, 1.807) is 17.0 Å². The number of aromatic amines is 1. The second-order valence-electron chi connectivity index (χ2n) is 14.0. The van der Waals surface area contributed by atoms with Gasteiger partial charge in [-0.25, -0.2) is 0 Å². The predicted molar refractivity (Wildman–Crippen MR) is 189 cm³/mol. The highest BCUT2D eigenvalue weighted by molar-refractivity contribution is 5.94. The van der Waals surface area contributed by atoms with Gasteiger partial charge in [0.15, 0.2) is 5.76 Å². The third-order valence-corrected chi connectivity index (χ3v) is 10.7. The van der Waals surface area contributed by atoms with Gasteiger partial charge in [0.05, 0.1) is 17.7 Å². The van der Waals surface area contributed by atoms with Gasteiger partial charge in [0.25, 0.3) is 5.91 Å². The monoisotopic (exact) mass is 667 g/mol. The van der Waals surface area contributed by atoms with Crippen LogP contribution in [-0.2, 0) is 26.3 Å². The predicted octanol–water partition coefficient (Wildman–Crippen LogP) is 5.57. The Balaban J connectivity index is 1.24. The fourth-order valence-electron chi connectivity index (χ4n) is 8.18. The number of H-pyrrole nitrogens is 1. The fraction of sp³-hybridized carbons (Fsp3) is 0.487. The number of amides is 4. The Labute approximate surface area is 288 Å². The third kappa shape index (κ3) is 6.70. The molecule has 2 fully saturated rings. The van der Waals surface area contributed by atoms with Gasteiger partial charge in [-0.05, 0) is 76.6 Å². The summed E-state index contributed by atoms with van der Waals surface area (Å²) in [5.41, 5.74) is 4.74. The molecule has 2 N–H and O–H groups in total. The van der Waals surface area contributed by atoms with Crippen molar-refractivity contribution in [1.29, 1.82) is 0 Å². The zero-order chi connectivity index (χ0) is 34.7. The number of rotatable bonds is 10. The Morgan fingerprint density at radius 2 is 1.76 bits per heavy atom. The first kappa shape index (κ1) is 34.3. The largest absolute Gasteiger partial charge is 0.459 e. The molecule has 3 aliphatic rings. The van der Waals surface area contributed by atoms with Crippen LogP contribution in [0.5, 0.6) is 0 Å². The summed E-state index contributed by atoms with van der Waals surface area (Å²) in [4.78, 5) is 64.5. The van der Waals surface area contributed by atoms with E-state index in [0.29, 0.717) is 52.1 Å². The topological polar surface area (TPSA) is 119 Å². The van der Waals surface area contributed by atoms with Crippen molar-refractivity contribution in [1.82, 2.24) is 25.0 Å². The Bertz CT molecular complexity index is 1760. The number of nitrogens with one attached hydrogen (secondary N) is 2. The lowest BCUT2D eigenvalue weighted by atomic mass is 9.65. The van der Waals surface area contributed by atoms with Gasteiger partial charge < -0.3 is 29.4 Å². The van der Waals surface area contributed by atoms with Gasteiger partial charge in [0, 0.05) is 68.2 Å². The maximum Gasteiger partial charge on any atom is 0.289 e. The minimum atomic E-state index is -0.861. The number of benzene rings is 1. The molecule has 3 aliphatic heterocycles. The zero-order valence-electron chi connectivity index (χ0n) is 29.2. The molecule has 10 nitrogen and oxygen atoms in total. The number of allylic oxidation sites excluding steroid dienone is 3. The molecular formula is C39H49N5O5. The van der Waals surface area contributed by atoms with E-state index in [1.807, 2.05) is 34.1 Å². The van der Waals surface area contributed by atoms with Crippen LogP contribution in [0.2, 0.25) is 0 Å². The SMILES string of the molecule is CC[C@]12c3[nH]c4ccccc4c3CCN1C(=O)C(CC(=O)NC/C=C(\C)CCC=C(C)C)C[C@@H]2C(=O)N1CCN(C(=O)c2ccco2)CC1. The van der Waals surface area contributed by atoms with Gasteiger partial charge in [-0.1, -0.05) is 48.4 Å². The van der Waals surface area contributed by atoms with Crippen LogP contribution < -0.4 is 5.32 Å². The number of nitrogens with zero attached hydrogens (tertiary/aromatic N) is 3. The average molecular weight is 668 g/mol. The summed E-state index contributed by atoms with van der Waals surface area (Å²) in [5.74, 6) is -1.33. The highest BCUT2D eigenvalue weighted by atomic mass is 16.3. The number of piperazine rings is 1. The number of aromatic nitrogens is 1. The molecule has 0 radical (unpaired) electrons. The van der Waals surface area contributed by atoms with E-state index in [4.69, 9.17) is 4.42 Å². The average Bonchev–Trinajstić information content (AvgIpc) is 3.78.